The number of methoxy groups -OCH3 is 1. The van der Waals surface area contributed by atoms with Gasteiger partial charge < -0.3 is 24.3 Å². The zero-order valence-electron chi connectivity index (χ0n) is 21.0. The number of nitro benzene ring substituents is 1. The first-order chi connectivity index (χ1) is 17.7. The Balaban J connectivity index is 1.89. The Morgan fingerprint density at radius 3 is 2.62 bits per heavy atom. The minimum absolute atomic E-state index is 0.0636. The molecule has 2 heterocycles. The second kappa shape index (κ2) is 10.8. The van der Waals surface area contributed by atoms with Crippen LogP contribution in [0.15, 0.2) is 34.7 Å². The van der Waals surface area contributed by atoms with Crippen molar-refractivity contribution in [2.24, 2.45) is 11.8 Å². The Morgan fingerprint density at radius 2 is 1.97 bits per heavy atom. The zero-order chi connectivity index (χ0) is 26.9. The molecule has 4 rings (SSSR count). The van der Waals surface area contributed by atoms with Gasteiger partial charge in [0.1, 0.15) is 12.5 Å². The number of ether oxygens (including phenoxy) is 4. The number of rotatable bonds is 8. The van der Waals surface area contributed by atoms with E-state index in [1.807, 2.05) is 6.92 Å². The van der Waals surface area contributed by atoms with Crippen molar-refractivity contribution in [1.82, 2.24) is 5.32 Å². The summed E-state index contributed by atoms with van der Waals surface area (Å²) >= 11 is 1.60. The molecule has 0 fully saturated rings. The third-order valence-corrected chi connectivity index (χ3v) is 7.52. The molecule has 0 amide bonds. The molecule has 1 N–H and O–H groups in total. The number of carbonyl (C=O) groups is 3. The van der Waals surface area contributed by atoms with Crippen molar-refractivity contribution >= 4 is 35.2 Å². The fraction of sp³-hybridized carbons (Fsp3) is 0.480. The average molecular weight is 533 g/mol. The lowest BCUT2D eigenvalue weighted by atomic mass is 9.69. The van der Waals surface area contributed by atoms with Crippen LogP contribution in [0, 0.1) is 22.0 Å². The van der Waals surface area contributed by atoms with Crippen LogP contribution in [0.3, 0.4) is 0 Å². The summed E-state index contributed by atoms with van der Waals surface area (Å²) in [6.45, 7) is 5.42. The third-order valence-electron chi connectivity index (χ3n) is 6.66. The highest BCUT2D eigenvalue weighted by Crippen LogP contribution is 2.50. The lowest BCUT2D eigenvalue weighted by Gasteiger charge is -2.38. The van der Waals surface area contributed by atoms with Gasteiger partial charge in [-0.15, -0.1) is 0 Å². The zero-order valence-corrected chi connectivity index (χ0v) is 21.8. The van der Waals surface area contributed by atoms with Crippen LogP contribution in [0.5, 0.6) is 11.5 Å². The summed E-state index contributed by atoms with van der Waals surface area (Å²) in [4.78, 5) is 51.4. The van der Waals surface area contributed by atoms with Crippen LogP contribution in [0.4, 0.5) is 5.69 Å². The lowest BCUT2D eigenvalue weighted by Crippen LogP contribution is -2.43. The largest absolute Gasteiger partial charge is 0.468 e. The quantitative estimate of drug-likeness (QED) is 0.173. The number of ketones is 1. The number of fused-ring (bicyclic) bond motifs is 1. The average Bonchev–Trinajstić information content (AvgIpc) is 3.32. The maximum Gasteiger partial charge on any atom is 0.336 e. The Hall–Kier alpha value is -3.54. The van der Waals surface area contributed by atoms with Gasteiger partial charge in [-0.2, -0.15) is 11.8 Å². The molecule has 0 radical (unpaired) electrons. The van der Waals surface area contributed by atoms with Crippen LogP contribution in [-0.2, 0) is 23.9 Å². The van der Waals surface area contributed by atoms with E-state index in [0.29, 0.717) is 23.6 Å². The maximum atomic E-state index is 13.8. The molecule has 3 atom stereocenters. The molecule has 2 aliphatic heterocycles. The summed E-state index contributed by atoms with van der Waals surface area (Å²) < 4.78 is 21.2. The number of thioether (sulfide) groups is 1. The van der Waals surface area contributed by atoms with Gasteiger partial charge in [-0.3, -0.25) is 19.7 Å². The number of hydrogen-bond donors (Lipinski definition) is 1. The molecule has 0 aromatic heterocycles. The van der Waals surface area contributed by atoms with Crippen LogP contribution in [0.25, 0.3) is 0 Å². The van der Waals surface area contributed by atoms with E-state index in [2.05, 4.69) is 5.32 Å². The summed E-state index contributed by atoms with van der Waals surface area (Å²) in [6.07, 6.45) is 0.308. The number of Topliss-reactive ketones (excluding diaryl/α,β-unsaturated/α-hetero) is 1. The van der Waals surface area contributed by atoms with Gasteiger partial charge in [0.05, 0.1) is 29.6 Å². The van der Waals surface area contributed by atoms with E-state index >= 15 is 0 Å². The van der Waals surface area contributed by atoms with Gasteiger partial charge in [0, 0.05) is 28.3 Å². The van der Waals surface area contributed by atoms with Crippen LogP contribution < -0.4 is 14.8 Å². The number of nitro groups is 1. The fourth-order valence-electron chi connectivity index (χ4n) is 5.01. The highest BCUT2D eigenvalue weighted by atomic mass is 32.2. The molecule has 3 aliphatic rings. The molecular formula is C25H28N2O9S. The van der Waals surface area contributed by atoms with E-state index in [1.165, 1.54) is 19.2 Å². The Bertz CT molecular complexity index is 1220. The maximum absolute atomic E-state index is 13.8. The van der Waals surface area contributed by atoms with E-state index in [1.54, 1.807) is 25.6 Å². The second-order valence-corrected chi connectivity index (χ2v) is 10.3. The van der Waals surface area contributed by atoms with Crippen molar-refractivity contribution in [1.29, 1.82) is 0 Å². The van der Waals surface area contributed by atoms with E-state index in [0.717, 1.165) is 5.75 Å². The van der Waals surface area contributed by atoms with E-state index in [4.69, 9.17) is 18.9 Å². The number of carbonyl (C=O) groups excluding carboxylic acids is 3. The first-order valence-corrected chi connectivity index (χ1v) is 13.0. The summed E-state index contributed by atoms with van der Waals surface area (Å²) in [6, 6.07) is 2.65. The van der Waals surface area contributed by atoms with Crippen LogP contribution in [0.1, 0.15) is 38.7 Å². The highest BCUT2D eigenvalue weighted by Gasteiger charge is 2.49. The van der Waals surface area contributed by atoms with Gasteiger partial charge in [0.2, 0.25) is 6.79 Å². The molecule has 0 saturated heterocycles. The van der Waals surface area contributed by atoms with Gasteiger partial charge in [-0.1, -0.05) is 13.8 Å². The van der Waals surface area contributed by atoms with E-state index in [-0.39, 0.29) is 53.2 Å². The summed E-state index contributed by atoms with van der Waals surface area (Å²) in [5, 5.41) is 15.3. The van der Waals surface area contributed by atoms with Crippen LogP contribution >= 0.6 is 11.8 Å². The number of esters is 2. The molecule has 12 heteroatoms. The van der Waals surface area contributed by atoms with Gasteiger partial charge in [0.15, 0.2) is 17.3 Å². The highest BCUT2D eigenvalue weighted by molar-refractivity contribution is 7.99. The molecule has 1 aromatic rings. The summed E-state index contributed by atoms with van der Waals surface area (Å²) in [5.41, 5.74) is 0.822. The van der Waals surface area contributed by atoms with Crippen molar-refractivity contribution in [3.05, 3.63) is 50.4 Å². The van der Waals surface area contributed by atoms with Crippen molar-refractivity contribution < 1.29 is 38.3 Å². The Morgan fingerprint density at radius 1 is 1.27 bits per heavy atom. The number of dihydropyridines is 1. The fourth-order valence-corrected chi connectivity index (χ4v) is 5.50. The van der Waals surface area contributed by atoms with E-state index in [9.17, 15) is 24.5 Å². The number of nitrogens with zero attached hydrogens (tertiary/aromatic N) is 1. The number of allylic oxidation sites excluding steroid dienone is 3. The molecule has 198 valence electrons. The smallest absolute Gasteiger partial charge is 0.336 e. The predicted molar refractivity (Wildman–Crippen MR) is 133 cm³/mol. The van der Waals surface area contributed by atoms with Gasteiger partial charge in [-0.25, -0.2) is 4.79 Å². The summed E-state index contributed by atoms with van der Waals surface area (Å²) in [7, 11) is 1.20. The normalized spacial score (nSPS) is 22.4. The van der Waals surface area contributed by atoms with Crippen molar-refractivity contribution in [2.75, 3.05) is 32.0 Å². The minimum Gasteiger partial charge on any atom is -0.468 e. The Labute approximate surface area is 217 Å². The third kappa shape index (κ3) is 4.89. The predicted octanol–water partition coefficient (Wildman–Crippen LogP) is 3.23. The molecule has 1 aromatic carbocycles. The molecule has 0 spiro atoms. The van der Waals surface area contributed by atoms with E-state index < -0.39 is 34.5 Å². The van der Waals surface area contributed by atoms with Gasteiger partial charge in [0.25, 0.3) is 5.69 Å². The first kappa shape index (κ1) is 26.5. The molecule has 0 bridgehead atoms. The summed E-state index contributed by atoms with van der Waals surface area (Å²) in [5.74, 6) is -2.74. The Kier molecular flexibility index (Phi) is 7.76. The van der Waals surface area contributed by atoms with Crippen LogP contribution in [0.2, 0.25) is 0 Å². The second-order valence-electron chi connectivity index (χ2n) is 8.89. The SMILES string of the molecule is CCSCCOC(=O)C1=C(C)NC2=C(C(=O)C(C(=O)OC)C(C)C2)C1c1cc2c(cc1[N+](=O)[O-])OCO2. The minimum atomic E-state index is -1.16. The number of hydrogen-bond acceptors (Lipinski definition) is 11. The van der Waals surface area contributed by atoms with Crippen molar-refractivity contribution in [2.45, 2.75) is 33.1 Å². The standard InChI is InChI=1S/C25H28N2O9S/c1-5-37-7-6-34-25(30)20-13(3)26-15-8-12(2)19(24(29)33-4)23(28)22(15)21(20)14-9-17-18(36-11-35-17)10-16(14)27(31)32/h9-10,12,19,21,26H,5-8,11H2,1-4H3. The molecule has 1 aliphatic carbocycles. The lowest BCUT2D eigenvalue weighted by molar-refractivity contribution is -0.385. The number of nitrogens with one attached hydrogen (secondary N) is 1. The molecule has 11 nitrogen and oxygen atoms in total. The monoisotopic (exact) mass is 532 g/mol. The molecule has 3 unspecified atom stereocenters. The molecular weight excluding hydrogens is 504 g/mol. The van der Waals surface area contributed by atoms with Gasteiger partial charge in [-0.05, 0) is 31.1 Å². The van der Waals surface area contributed by atoms with Crippen LogP contribution in [-0.4, -0.2) is 54.7 Å². The number of benzene rings is 1. The topological polar surface area (TPSA) is 143 Å². The molecule has 0 saturated carbocycles. The van der Waals surface area contributed by atoms with Crippen molar-refractivity contribution in [3.63, 3.8) is 0 Å². The molecule has 37 heavy (non-hydrogen) atoms. The first-order valence-electron chi connectivity index (χ1n) is 11.8. The van der Waals surface area contributed by atoms with Gasteiger partial charge >= 0.3 is 11.9 Å². The van der Waals surface area contributed by atoms with Crippen molar-refractivity contribution in [3.8, 4) is 11.5 Å².